The Morgan fingerprint density at radius 3 is 2.59 bits per heavy atom. The first kappa shape index (κ1) is 15.3. The summed E-state index contributed by atoms with van der Waals surface area (Å²) in [4.78, 5) is 0. The fraction of sp³-hybridized carbons (Fsp3) is 0.400. The highest BCUT2D eigenvalue weighted by atomic mass is 15.0. The molecule has 22 heavy (non-hydrogen) atoms. The summed E-state index contributed by atoms with van der Waals surface area (Å²) < 4.78 is 0. The zero-order valence-corrected chi connectivity index (χ0v) is 13.4. The van der Waals surface area contributed by atoms with Crippen molar-refractivity contribution in [2.75, 3.05) is 6.54 Å². The summed E-state index contributed by atoms with van der Waals surface area (Å²) in [6.45, 7) is 3.80. The average Bonchev–Trinajstić information content (AvgIpc) is 2.60. The number of rotatable bonds is 5. The number of hydrogen-bond donors (Lipinski definition) is 2. The Bertz CT molecular complexity index is 621. The van der Waals surface area contributed by atoms with Crippen molar-refractivity contribution in [2.24, 2.45) is 5.73 Å². The van der Waals surface area contributed by atoms with Gasteiger partial charge in [0.05, 0.1) is 0 Å². The second-order valence-electron chi connectivity index (χ2n) is 6.46. The van der Waals surface area contributed by atoms with E-state index in [1.54, 1.807) is 0 Å². The van der Waals surface area contributed by atoms with Crippen molar-refractivity contribution >= 4 is 0 Å². The number of benzene rings is 2. The van der Waals surface area contributed by atoms with Gasteiger partial charge in [-0.3, -0.25) is 0 Å². The van der Waals surface area contributed by atoms with E-state index in [1.165, 1.54) is 22.3 Å². The van der Waals surface area contributed by atoms with Gasteiger partial charge in [-0.1, -0.05) is 55.5 Å². The van der Waals surface area contributed by atoms with Crippen molar-refractivity contribution in [3.63, 3.8) is 0 Å². The van der Waals surface area contributed by atoms with Crippen LogP contribution in [0.5, 0.6) is 0 Å². The van der Waals surface area contributed by atoms with Gasteiger partial charge < -0.3 is 11.1 Å². The monoisotopic (exact) mass is 294 g/mol. The third-order valence-corrected chi connectivity index (χ3v) is 4.98. The largest absolute Gasteiger partial charge is 0.329 e. The highest BCUT2D eigenvalue weighted by molar-refractivity contribution is 5.36. The average molecular weight is 294 g/mol. The molecule has 0 bridgehead atoms. The zero-order valence-electron chi connectivity index (χ0n) is 13.4. The number of hydrogen-bond acceptors (Lipinski definition) is 2. The Balaban J connectivity index is 1.76. The molecule has 1 unspecified atom stereocenters. The lowest BCUT2D eigenvalue weighted by Gasteiger charge is -2.38. The first-order chi connectivity index (χ1) is 10.7. The van der Waals surface area contributed by atoms with Gasteiger partial charge in [-0.05, 0) is 47.9 Å². The van der Waals surface area contributed by atoms with Gasteiger partial charge in [-0.25, -0.2) is 0 Å². The van der Waals surface area contributed by atoms with Crippen LogP contribution in [0.1, 0.15) is 35.6 Å². The molecule has 0 amide bonds. The molecule has 0 spiro atoms. The lowest BCUT2D eigenvalue weighted by molar-refractivity contribution is 0.291. The molecule has 0 aromatic heterocycles. The Kier molecular flexibility index (Phi) is 4.60. The molecule has 0 saturated heterocycles. The van der Waals surface area contributed by atoms with Gasteiger partial charge in [-0.15, -0.1) is 0 Å². The molecule has 0 heterocycles. The van der Waals surface area contributed by atoms with Crippen LogP contribution in [-0.4, -0.2) is 12.1 Å². The van der Waals surface area contributed by atoms with Crippen LogP contribution in [0.2, 0.25) is 0 Å². The minimum Gasteiger partial charge on any atom is -0.329 e. The summed E-state index contributed by atoms with van der Waals surface area (Å²) in [5, 5.41) is 3.75. The quantitative estimate of drug-likeness (QED) is 0.888. The highest BCUT2D eigenvalue weighted by Crippen LogP contribution is 2.29. The fourth-order valence-corrected chi connectivity index (χ4v) is 3.42. The van der Waals surface area contributed by atoms with Crippen LogP contribution in [0.4, 0.5) is 0 Å². The molecule has 0 fully saturated rings. The van der Waals surface area contributed by atoms with E-state index in [2.05, 4.69) is 60.8 Å². The van der Waals surface area contributed by atoms with Gasteiger partial charge in [0, 0.05) is 18.6 Å². The van der Waals surface area contributed by atoms with E-state index in [1.807, 2.05) is 0 Å². The molecule has 1 aliphatic rings. The van der Waals surface area contributed by atoms with Crippen molar-refractivity contribution in [3.05, 3.63) is 70.8 Å². The molecule has 0 saturated carbocycles. The number of nitrogens with two attached hydrogens (primary N) is 1. The second kappa shape index (κ2) is 6.64. The second-order valence-corrected chi connectivity index (χ2v) is 6.46. The normalized spacial score (nSPS) is 20.6. The van der Waals surface area contributed by atoms with Gasteiger partial charge in [0.15, 0.2) is 0 Å². The van der Waals surface area contributed by atoms with Gasteiger partial charge >= 0.3 is 0 Å². The number of fused-ring (bicyclic) bond motifs is 1. The summed E-state index contributed by atoms with van der Waals surface area (Å²) in [6, 6.07) is 17.5. The first-order valence-corrected chi connectivity index (χ1v) is 8.34. The Morgan fingerprint density at radius 1 is 1.05 bits per heavy atom. The Hall–Kier alpha value is -1.64. The topological polar surface area (TPSA) is 38.0 Å². The summed E-state index contributed by atoms with van der Waals surface area (Å²) >= 11 is 0. The molecule has 0 radical (unpaired) electrons. The molecule has 0 aliphatic heterocycles. The zero-order chi connectivity index (χ0) is 15.4. The summed E-state index contributed by atoms with van der Waals surface area (Å²) in [5.41, 5.74) is 11.9. The third-order valence-electron chi connectivity index (χ3n) is 4.98. The Labute approximate surface area is 133 Å². The van der Waals surface area contributed by atoms with E-state index in [-0.39, 0.29) is 5.54 Å². The van der Waals surface area contributed by atoms with Gasteiger partial charge in [-0.2, -0.15) is 0 Å². The third kappa shape index (κ3) is 3.23. The lowest BCUT2D eigenvalue weighted by Crippen LogP contribution is -2.54. The van der Waals surface area contributed by atoms with E-state index in [9.17, 15) is 0 Å². The highest BCUT2D eigenvalue weighted by Gasteiger charge is 2.32. The maximum Gasteiger partial charge on any atom is 0.0350 e. The molecule has 2 nitrogen and oxygen atoms in total. The van der Waals surface area contributed by atoms with Crippen LogP contribution >= 0.6 is 0 Å². The van der Waals surface area contributed by atoms with E-state index < -0.39 is 0 Å². The molecule has 3 N–H and O–H groups in total. The van der Waals surface area contributed by atoms with Crippen LogP contribution in [-0.2, 0) is 25.8 Å². The maximum atomic E-state index is 6.17. The van der Waals surface area contributed by atoms with Gasteiger partial charge in [0.2, 0.25) is 0 Å². The maximum absolute atomic E-state index is 6.17. The number of aryl methyl sites for hydroxylation is 2. The minimum atomic E-state index is 0.0369. The predicted octanol–water partition coefficient (Wildman–Crippen LogP) is 3.23. The van der Waals surface area contributed by atoms with Crippen molar-refractivity contribution in [1.29, 1.82) is 0 Å². The molecule has 1 atom stereocenters. The molecule has 2 aromatic rings. The Morgan fingerprint density at radius 2 is 1.86 bits per heavy atom. The fourth-order valence-electron chi connectivity index (χ4n) is 3.42. The van der Waals surface area contributed by atoms with Crippen LogP contribution in [0.3, 0.4) is 0 Å². The molecule has 116 valence electrons. The lowest BCUT2D eigenvalue weighted by atomic mass is 9.77. The summed E-state index contributed by atoms with van der Waals surface area (Å²) in [7, 11) is 0. The van der Waals surface area contributed by atoms with Crippen LogP contribution in [0.25, 0.3) is 0 Å². The molecule has 1 aliphatic carbocycles. The molecule has 2 heteroatoms. The van der Waals surface area contributed by atoms with Crippen LogP contribution < -0.4 is 11.1 Å². The van der Waals surface area contributed by atoms with Crippen molar-refractivity contribution < 1.29 is 0 Å². The van der Waals surface area contributed by atoms with E-state index >= 15 is 0 Å². The smallest absolute Gasteiger partial charge is 0.0350 e. The van der Waals surface area contributed by atoms with Crippen molar-refractivity contribution in [3.8, 4) is 0 Å². The van der Waals surface area contributed by atoms with Gasteiger partial charge in [0.25, 0.3) is 0 Å². The van der Waals surface area contributed by atoms with Crippen molar-refractivity contribution in [2.45, 2.75) is 44.7 Å². The molecule has 2 aromatic carbocycles. The summed E-state index contributed by atoms with van der Waals surface area (Å²) in [5.74, 6) is 0. The van der Waals surface area contributed by atoms with Crippen LogP contribution in [0.15, 0.2) is 48.5 Å². The summed E-state index contributed by atoms with van der Waals surface area (Å²) in [6.07, 6.45) is 4.38. The first-order valence-electron chi connectivity index (χ1n) is 8.34. The predicted molar refractivity (Wildman–Crippen MR) is 92.9 cm³/mol. The SMILES string of the molecule is CCc1ccc2c(c1)CC(CN)(NCc1ccccc1)CC2. The number of nitrogens with one attached hydrogen (secondary N) is 1. The van der Waals surface area contributed by atoms with E-state index in [4.69, 9.17) is 5.73 Å². The minimum absolute atomic E-state index is 0.0369. The van der Waals surface area contributed by atoms with Crippen molar-refractivity contribution in [1.82, 2.24) is 5.32 Å². The van der Waals surface area contributed by atoms with E-state index in [0.717, 1.165) is 32.2 Å². The molecule has 3 rings (SSSR count). The molecular weight excluding hydrogens is 268 g/mol. The van der Waals surface area contributed by atoms with E-state index in [0.29, 0.717) is 6.54 Å². The van der Waals surface area contributed by atoms with Crippen LogP contribution in [0, 0.1) is 0 Å². The van der Waals surface area contributed by atoms with Gasteiger partial charge in [0.1, 0.15) is 0 Å². The molecular formula is C20H26N2. The standard InChI is InChI=1S/C20H26N2/c1-2-16-8-9-18-10-11-20(15-21,13-19(18)12-16)22-14-17-6-4-3-5-7-17/h3-9,12,22H,2,10-11,13-15,21H2,1H3.